The van der Waals surface area contributed by atoms with Gasteiger partial charge in [-0.25, -0.2) is 9.37 Å². The average molecular weight is 536 g/mol. The van der Waals surface area contributed by atoms with Crippen LogP contribution in [0.5, 0.6) is 11.6 Å². The Morgan fingerprint density at radius 3 is 2.74 bits per heavy atom. The van der Waals surface area contributed by atoms with Crippen molar-refractivity contribution in [2.45, 2.75) is 50.7 Å². The minimum atomic E-state index is -0.908. The minimum Gasteiger partial charge on any atom is -0.486 e. The van der Waals surface area contributed by atoms with Crippen molar-refractivity contribution in [3.63, 3.8) is 0 Å². The number of carbonyl (C=O) groups is 1. The number of nitrogens with zero attached hydrogens (tertiary/aromatic N) is 1. The number of rotatable bonds is 8. The van der Waals surface area contributed by atoms with Crippen LogP contribution in [0.2, 0.25) is 5.02 Å². The van der Waals surface area contributed by atoms with Crippen LogP contribution in [0.15, 0.2) is 48.7 Å². The molecule has 0 amide bonds. The molecule has 3 atom stereocenters. The molecular weight excluding hydrogens is 509 g/mol. The van der Waals surface area contributed by atoms with E-state index in [4.69, 9.17) is 25.8 Å². The zero-order chi connectivity index (χ0) is 26.6. The van der Waals surface area contributed by atoms with E-state index in [2.05, 4.69) is 16.8 Å². The van der Waals surface area contributed by atoms with Crippen molar-refractivity contribution in [2.24, 2.45) is 0 Å². The summed E-state index contributed by atoms with van der Waals surface area (Å²) in [5.41, 5.74) is 3.86. The van der Waals surface area contributed by atoms with E-state index in [1.807, 2.05) is 12.1 Å². The van der Waals surface area contributed by atoms with Gasteiger partial charge in [-0.1, -0.05) is 35.7 Å². The molecule has 2 aliphatic rings. The fraction of sp³-hybridized carbons (Fsp3) is 0.333. The van der Waals surface area contributed by atoms with E-state index in [1.165, 1.54) is 6.07 Å². The molecule has 2 unspecified atom stereocenters. The van der Waals surface area contributed by atoms with Crippen LogP contribution in [0, 0.1) is 17.7 Å². The second kappa shape index (κ2) is 11.4. The molecule has 1 N–H and O–H groups in total. The lowest BCUT2D eigenvalue weighted by Crippen LogP contribution is -2.16. The molecule has 0 radical (unpaired) electrons. The van der Waals surface area contributed by atoms with E-state index in [0.29, 0.717) is 48.3 Å². The molecule has 0 saturated carbocycles. The molecule has 2 heterocycles. The highest BCUT2D eigenvalue weighted by atomic mass is 35.5. The molecular formula is C30H27ClFNO5. The zero-order valence-electron chi connectivity index (χ0n) is 20.9. The number of fused-ring (bicyclic) bond motifs is 1. The van der Waals surface area contributed by atoms with Gasteiger partial charge in [0.05, 0.1) is 25.6 Å². The van der Waals surface area contributed by atoms with Crippen molar-refractivity contribution in [2.75, 3.05) is 13.2 Å². The highest BCUT2D eigenvalue weighted by Crippen LogP contribution is 2.42. The maximum atomic E-state index is 15.1. The van der Waals surface area contributed by atoms with E-state index in [-0.39, 0.29) is 18.3 Å². The lowest BCUT2D eigenvalue weighted by atomic mass is 9.96. The zero-order valence-corrected chi connectivity index (χ0v) is 21.6. The first kappa shape index (κ1) is 26.0. The second-order valence-electron chi connectivity index (χ2n) is 9.36. The van der Waals surface area contributed by atoms with Gasteiger partial charge in [0, 0.05) is 23.7 Å². The van der Waals surface area contributed by atoms with Gasteiger partial charge in [0.2, 0.25) is 5.88 Å². The molecule has 1 fully saturated rings. The van der Waals surface area contributed by atoms with Crippen molar-refractivity contribution < 1.29 is 28.5 Å². The summed E-state index contributed by atoms with van der Waals surface area (Å²) in [6.45, 7) is 2.87. The quantitative estimate of drug-likeness (QED) is 0.338. The Kier molecular flexibility index (Phi) is 7.82. The van der Waals surface area contributed by atoms with Gasteiger partial charge in [-0.05, 0) is 60.7 Å². The summed E-state index contributed by atoms with van der Waals surface area (Å²) in [5.74, 6) is 5.05. The number of hydrogen-bond acceptors (Lipinski definition) is 5. The van der Waals surface area contributed by atoms with Crippen LogP contribution in [0.1, 0.15) is 54.9 Å². The molecule has 196 valence electrons. The first-order valence-electron chi connectivity index (χ1n) is 12.5. The van der Waals surface area contributed by atoms with E-state index in [1.54, 1.807) is 37.4 Å². The Balaban J connectivity index is 1.35. The van der Waals surface area contributed by atoms with Gasteiger partial charge in [-0.3, -0.25) is 4.79 Å². The molecule has 0 bridgehead atoms. The monoisotopic (exact) mass is 535 g/mol. The Bertz CT molecular complexity index is 1390. The number of carboxylic acids is 1. The molecule has 8 heteroatoms. The number of halogens is 2. The topological polar surface area (TPSA) is 77.9 Å². The number of hydrogen-bond donors (Lipinski definition) is 1. The Labute approximate surface area is 225 Å². The molecule has 2 aromatic carbocycles. The molecule has 1 saturated heterocycles. The molecule has 6 nitrogen and oxygen atoms in total. The number of carboxylic acid groups (broad SMARTS) is 1. The summed E-state index contributed by atoms with van der Waals surface area (Å²) in [5, 5.41) is 9.57. The van der Waals surface area contributed by atoms with Gasteiger partial charge in [-0.2, -0.15) is 0 Å². The van der Waals surface area contributed by atoms with Gasteiger partial charge >= 0.3 is 5.97 Å². The largest absolute Gasteiger partial charge is 0.486 e. The van der Waals surface area contributed by atoms with Crippen LogP contribution >= 0.6 is 11.6 Å². The third kappa shape index (κ3) is 5.62. The Morgan fingerprint density at radius 2 is 2.05 bits per heavy atom. The van der Waals surface area contributed by atoms with Crippen LogP contribution in [-0.2, 0) is 16.0 Å². The molecule has 0 spiro atoms. The first-order chi connectivity index (χ1) is 18.4. The summed E-state index contributed by atoms with van der Waals surface area (Å²) < 4.78 is 32.5. The number of aliphatic carboxylic acids is 1. The first-order valence-corrected chi connectivity index (χ1v) is 12.9. The summed E-state index contributed by atoms with van der Waals surface area (Å²) >= 11 is 6.49. The van der Waals surface area contributed by atoms with Crippen LogP contribution in [0.4, 0.5) is 4.39 Å². The molecule has 3 aromatic rings. The molecule has 1 aliphatic heterocycles. The van der Waals surface area contributed by atoms with Gasteiger partial charge < -0.3 is 19.3 Å². The van der Waals surface area contributed by atoms with Gasteiger partial charge in [0.15, 0.2) is 0 Å². The predicted octanol–water partition coefficient (Wildman–Crippen LogP) is 6.36. The lowest BCUT2D eigenvalue weighted by molar-refractivity contribution is -0.137. The van der Waals surface area contributed by atoms with Crippen LogP contribution in [-0.4, -0.2) is 35.4 Å². The maximum Gasteiger partial charge on any atom is 0.304 e. The van der Waals surface area contributed by atoms with E-state index in [9.17, 15) is 9.90 Å². The molecule has 1 aromatic heterocycles. The normalized spacial score (nSPS) is 18.8. The average Bonchev–Trinajstić information content (AvgIpc) is 3.56. The van der Waals surface area contributed by atoms with Crippen LogP contribution in [0.25, 0.3) is 11.1 Å². The number of pyridine rings is 1. The molecule has 1 aliphatic carbocycles. The second-order valence-corrected chi connectivity index (χ2v) is 9.77. The summed E-state index contributed by atoms with van der Waals surface area (Å²) in [6, 6.07) is 12.2. The van der Waals surface area contributed by atoms with Gasteiger partial charge in [0.25, 0.3) is 0 Å². The van der Waals surface area contributed by atoms with Crippen molar-refractivity contribution in [3.8, 4) is 34.6 Å². The number of ether oxygens (including phenoxy) is 3. The summed E-state index contributed by atoms with van der Waals surface area (Å²) in [6.07, 6.45) is 3.18. The van der Waals surface area contributed by atoms with Crippen LogP contribution < -0.4 is 9.47 Å². The van der Waals surface area contributed by atoms with Crippen molar-refractivity contribution >= 4 is 17.6 Å². The number of benzene rings is 2. The third-order valence-electron chi connectivity index (χ3n) is 6.83. The van der Waals surface area contributed by atoms with Gasteiger partial charge in [-0.15, -0.1) is 5.92 Å². The number of aromatic nitrogens is 1. The third-order valence-corrected chi connectivity index (χ3v) is 7.10. The Morgan fingerprint density at radius 1 is 1.24 bits per heavy atom. The smallest absolute Gasteiger partial charge is 0.304 e. The predicted molar refractivity (Wildman–Crippen MR) is 141 cm³/mol. The highest BCUT2D eigenvalue weighted by Gasteiger charge is 2.30. The van der Waals surface area contributed by atoms with E-state index in [0.717, 1.165) is 28.7 Å². The van der Waals surface area contributed by atoms with E-state index >= 15 is 4.39 Å². The van der Waals surface area contributed by atoms with Crippen molar-refractivity contribution in [1.29, 1.82) is 0 Å². The lowest BCUT2D eigenvalue weighted by Gasteiger charge is -2.18. The minimum absolute atomic E-state index is 0.0597. The fourth-order valence-corrected chi connectivity index (χ4v) is 5.24. The standard InChI is InChI=1S/C30H27ClFNO5/c1-2-3-19(15-28(34)35)18-4-6-21(7-5-18)37-27-11-9-24-23(8-10-26(32)29(24)27)20-14-25(31)30(33-16-20)38-22-12-13-36-17-22/h4-8,10,14,16,19,22,27H,9,11-13,15,17H2,1H3,(H,34,35)/t19?,22?,27-/m1/s1. The molecule has 5 rings (SSSR count). The van der Waals surface area contributed by atoms with Crippen LogP contribution in [0.3, 0.4) is 0 Å². The van der Waals surface area contributed by atoms with Gasteiger partial charge in [0.1, 0.15) is 28.8 Å². The highest BCUT2D eigenvalue weighted by molar-refractivity contribution is 6.32. The SMILES string of the molecule is CC#CC(CC(=O)O)c1ccc(O[C@@H]2CCc3c(-c4cnc(OC5CCOC5)c(Cl)c4)ccc(F)c32)cc1. The Hall–Kier alpha value is -3.60. The van der Waals surface area contributed by atoms with Crippen molar-refractivity contribution in [1.82, 2.24) is 4.98 Å². The maximum absolute atomic E-state index is 15.1. The fourth-order valence-electron chi connectivity index (χ4n) is 5.03. The summed E-state index contributed by atoms with van der Waals surface area (Å²) in [4.78, 5) is 15.6. The summed E-state index contributed by atoms with van der Waals surface area (Å²) in [7, 11) is 0. The molecule has 38 heavy (non-hydrogen) atoms. The van der Waals surface area contributed by atoms with E-state index < -0.39 is 18.0 Å². The van der Waals surface area contributed by atoms with Crippen molar-refractivity contribution in [3.05, 3.63) is 76.2 Å².